The highest BCUT2D eigenvalue weighted by Gasteiger charge is 2.10. The Hall–Kier alpha value is -2.09. The third-order valence-electron chi connectivity index (χ3n) is 2.96. The molecule has 1 aliphatic heterocycles. The minimum atomic E-state index is 0.986. The first-order chi connectivity index (χ1) is 8.33. The Kier molecular flexibility index (Phi) is 2.41. The second kappa shape index (κ2) is 4.06. The van der Waals surface area contributed by atoms with Crippen molar-refractivity contribution in [2.75, 3.05) is 5.32 Å². The van der Waals surface area contributed by atoms with Gasteiger partial charge in [0.25, 0.3) is 0 Å². The molecule has 0 saturated carbocycles. The molecule has 0 radical (unpaired) electrons. The zero-order valence-electron chi connectivity index (χ0n) is 9.77. The van der Waals surface area contributed by atoms with Crippen LogP contribution in [0.1, 0.15) is 13.3 Å². The summed E-state index contributed by atoms with van der Waals surface area (Å²) in [5.74, 6) is 0. The summed E-state index contributed by atoms with van der Waals surface area (Å²) in [5, 5.41) is 3.46. The van der Waals surface area contributed by atoms with Crippen molar-refractivity contribution in [2.45, 2.75) is 13.3 Å². The summed E-state index contributed by atoms with van der Waals surface area (Å²) in [7, 11) is 0. The van der Waals surface area contributed by atoms with Crippen molar-refractivity contribution < 1.29 is 0 Å². The van der Waals surface area contributed by atoms with Crippen LogP contribution in [0.15, 0.2) is 64.3 Å². The van der Waals surface area contributed by atoms with Crippen LogP contribution in [0.3, 0.4) is 0 Å². The van der Waals surface area contributed by atoms with Crippen molar-refractivity contribution >= 4 is 17.6 Å². The van der Waals surface area contributed by atoms with Crippen molar-refractivity contribution in [2.24, 2.45) is 4.99 Å². The molecule has 0 atom stereocenters. The van der Waals surface area contributed by atoms with Gasteiger partial charge in [-0.05, 0) is 31.6 Å². The van der Waals surface area contributed by atoms with Gasteiger partial charge in [0.15, 0.2) is 0 Å². The highest BCUT2D eigenvalue weighted by atomic mass is 14.9. The fraction of sp³-hybridized carbons (Fsp3) is 0.133. The summed E-state index contributed by atoms with van der Waals surface area (Å²) in [5.41, 5.74) is 5.67. The molecule has 2 heteroatoms. The predicted molar refractivity (Wildman–Crippen MR) is 72.8 cm³/mol. The summed E-state index contributed by atoms with van der Waals surface area (Å²) >= 11 is 0. The van der Waals surface area contributed by atoms with Crippen LogP contribution < -0.4 is 5.32 Å². The van der Waals surface area contributed by atoms with E-state index < -0.39 is 0 Å². The summed E-state index contributed by atoms with van der Waals surface area (Å²) in [6.45, 7) is 2.15. The second-order valence-electron chi connectivity index (χ2n) is 4.37. The van der Waals surface area contributed by atoms with E-state index >= 15 is 0 Å². The lowest BCUT2D eigenvalue weighted by Crippen LogP contribution is -1.99. The molecule has 1 heterocycles. The van der Waals surface area contributed by atoms with Crippen LogP contribution in [0.25, 0.3) is 0 Å². The monoisotopic (exact) mass is 222 g/mol. The molecule has 0 bridgehead atoms. The van der Waals surface area contributed by atoms with Gasteiger partial charge in [-0.2, -0.15) is 0 Å². The Morgan fingerprint density at radius 2 is 2.12 bits per heavy atom. The molecule has 0 saturated heterocycles. The van der Waals surface area contributed by atoms with Crippen LogP contribution in [0, 0.1) is 0 Å². The quantitative estimate of drug-likeness (QED) is 0.705. The van der Waals surface area contributed by atoms with Crippen molar-refractivity contribution in [3.63, 3.8) is 0 Å². The highest BCUT2D eigenvalue weighted by molar-refractivity contribution is 5.91. The predicted octanol–water partition coefficient (Wildman–Crippen LogP) is 3.97. The van der Waals surface area contributed by atoms with E-state index in [-0.39, 0.29) is 0 Å². The van der Waals surface area contributed by atoms with Gasteiger partial charge < -0.3 is 5.32 Å². The maximum atomic E-state index is 4.51. The van der Waals surface area contributed by atoms with Crippen LogP contribution in [-0.2, 0) is 0 Å². The number of para-hydroxylation sites is 2. The SMILES string of the molecule is CC1=CC2=C(C=CC1)C=Nc1ccccc1N2. The molecule has 1 aromatic carbocycles. The fourth-order valence-corrected chi connectivity index (χ4v) is 2.05. The number of allylic oxidation sites excluding steroid dienone is 5. The number of benzene rings is 1. The summed E-state index contributed by atoms with van der Waals surface area (Å²) in [6.07, 6.45) is 9.44. The van der Waals surface area contributed by atoms with E-state index in [4.69, 9.17) is 0 Å². The van der Waals surface area contributed by atoms with Crippen molar-refractivity contribution in [3.05, 3.63) is 59.3 Å². The summed E-state index contributed by atoms with van der Waals surface area (Å²) < 4.78 is 0. The number of hydrogen-bond donors (Lipinski definition) is 1. The van der Waals surface area contributed by atoms with Gasteiger partial charge in [-0.15, -0.1) is 0 Å². The molecule has 0 spiro atoms. The zero-order valence-corrected chi connectivity index (χ0v) is 9.77. The Morgan fingerprint density at radius 3 is 3.06 bits per heavy atom. The summed E-state index contributed by atoms with van der Waals surface area (Å²) in [6, 6.07) is 8.10. The maximum Gasteiger partial charge on any atom is 0.0864 e. The van der Waals surface area contributed by atoms with Crippen LogP contribution >= 0.6 is 0 Å². The molecular formula is C15H14N2. The van der Waals surface area contributed by atoms with Gasteiger partial charge in [-0.25, -0.2) is 0 Å². The number of nitrogens with one attached hydrogen (secondary N) is 1. The lowest BCUT2D eigenvalue weighted by molar-refractivity contribution is 1.21. The molecule has 1 aliphatic carbocycles. The van der Waals surface area contributed by atoms with Gasteiger partial charge in [-0.1, -0.05) is 29.9 Å². The zero-order chi connectivity index (χ0) is 11.7. The van der Waals surface area contributed by atoms with E-state index in [1.807, 2.05) is 24.4 Å². The van der Waals surface area contributed by atoms with Crippen LogP contribution in [0.5, 0.6) is 0 Å². The van der Waals surface area contributed by atoms with Gasteiger partial charge in [0.2, 0.25) is 0 Å². The van der Waals surface area contributed by atoms with Gasteiger partial charge in [0.1, 0.15) is 0 Å². The third-order valence-corrected chi connectivity index (χ3v) is 2.96. The molecule has 84 valence electrons. The Labute approximate surface area is 101 Å². The van der Waals surface area contributed by atoms with E-state index in [2.05, 4.69) is 41.5 Å². The molecule has 1 aromatic rings. The molecular weight excluding hydrogens is 208 g/mol. The Morgan fingerprint density at radius 1 is 1.24 bits per heavy atom. The largest absolute Gasteiger partial charge is 0.353 e. The Balaban J connectivity index is 2.11. The minimum absolute atomic E-state index is 0.986. The lowest BCUT2D eigenvalue weighted by Gasteiger charge is -2.09. The first-order valence-corrected chi connectivity index (χ1v) is 5.81. The standard InChI is InChI=1S/C15H14N2/c1-11-5-4-6-12-10-16-13-7-2-3-8-14(13)17-15(12)9-11/h2-4,6-10,17H,5H2,1H3. The molecule has 17 heavy (non-hydrogen) atoms. The van der Waals surface area contributed by atoms with E-state index in [0.29, 0.717) is 0 Å². The topological polar surface area (TPSA) is 24.4 Å². The van der Waals surface area contributed by atoms with Gasteiger partial charge in [-0.3, -0.25) is 4.99 Å². The molecule has 2 nitrogen and oxygen atoms in total. The van der Waals surface area contributed by atoms with Crippen LogP contribution in [0.2, 0.25) is 0 Å². The van der Waals surface area contributed by atoms with Crippen LogP contribution in [-0.4, -0.2) is 6.21 Å². The number of rotatable bonds is 0. The van der Waals surface area contributed by atoms with Gasteiger partial charge >= 0.3 is 0 Å². The molecule has 3 rings (SSSR count). The average molecular weight is 222 g/mol. The van der Waals surface area contributed by atoms with Crippen molar-refractivity contribution in [3.8, 4) is 0 Å². The van der Waals surface area contributed by atoms with E-state index in [1.165, 1.54) is 5.57 Å². The van der Waals surface area contributed by atoms with E-state index in [0.717, 1.165) is 29.1 Å². The molecule has 0 unspecified atom stereocenters. The normalized spacial score (nSPS) is 17.6. The molecule has 0 amide bonds. The number of fused-ring (bicyclic) bond motifs is 1. The first kappa shape index (κ1) is 10.1. The fourth-order valence-electron chi connectivity index (χ4n) is 2.05. The highest BCUT2D eigenvalue weighted by Crippen LogP contribution is 2.30. The number of aliphatic imine (C=N–C) groups is 1. The first-order valence-electron chi connectivity index (χ1n) is 5.81. The third kappa shape index (κ3) is 1.94. The number of hydrogen-bond acceptors (Lipinski definition) is 2. The summed E-state index contributed by atoms with van der Waals surface area (Å²) in [4.78, 5) is 4.51. The van der Waals surface area contributed by atoms with Gasteiger partial charge in [0, 0.05) is 17.5 Å². The molecule has 2 aliphatic rings. The second-order valence-corrected chi connectivity index (χ2v) is 4.37. The van der Waals surface area contributed by atoms with Crippen molar-refractivity contribution in [1.82, 2.24) is 0 Å². The van der Waals surface area contributed by atoms with E-state index in [1.54, 1.807) is 0 Å². The molecule has 0 fully saturated rings. The maximum absolute atomic E-state index is 4.51. The Bertz CT molecular complexity index is 574. The average Bonchev–Trinajstić information content (AvgIpc) is 2.59. The number of nitrogens with zero attached hydrogens (tertiary/aromatic N) is 1. The minimum Gasteiger partial charge on any atom is -0.353 e. The lowest BCUT2D eigenvalue weighted by atomic mass is 10.2. The van der Waals surface area contributed by atoms with E-state index in [9.17, 15) is 0 Å². The molecule has 0 aromatic heterocycles. The number of anilines is 1. The molecule has 1 N–H and O–H groups in total. The van der Waals surface area contributed by atoms with Crippen LogP contribution in [0.4, 0.5) is 11.4 Å². The van der Waals surface area contributed by atoms with Gasteiger partial charge in [0.05, 0.1) is 11.4 Å². The smallest absolute Gasteiger partial charge is 0.0864 e. The van der Waals surface area contributed by atoms with Crippen molar-refractivity contribution in [1.29, 1.82) is 0 Å².